The fourth-order valence-electron chi connectivity index (χ4n) is 2.03. The Morgan fingerprint density at radius 1 is 1.48 bits per heavy atom. The first-order valence-corrected chi connectivity index (χ1v) is 9.60. The van der Waals surface area contributed by atoms with Crippen LogP contribution in [0.5, 0.6) is 5.75 Å². The summed E-state index contributed by atoms with van der Waals surface area (Å²) in [5.41, 5.74) is -0.564. The van der Waals surface area contributed by atoms with Gasteiger partial charge in [-0.25, -0.2) is 0 Å². The number of carbonyl (C=O) groups is 1. The molecule has 25 heavy (non-hydrogen) atoms. The molecule has 1 N–H and O–H groups in total. The number of hydrogen-bond donors (Lipinski definition) is 1. The molecular formula is C19H19AsFN2O2. The fraction of sp³-hybridized carbons (Fsp3) is 0.263. The number of pyridine rings is 1. The van der Waals surface area contributed by atoms with Crippen LogP contribution in [-0.2, 0) is 0 Å². The molecule has 2 aromatic rings. The first kappa shape index (κ1) is 19.0. The van der Waals surface area contributed by atoms with Gasteiger partial charge in [-0.3, -0.25) is 0 Å². The van der Waals surface area contributed by atoms with Crippen LogP contribution in [0, 0.1) is 18.2 Å². The number of terminal acetylenes is 1. The molecule has 0 fully saturated rings. The van der Waals surface area contributed by atoms with Gasteiger partial charge in [0, 0.05) is 0 Å². The van der Waals surface area contributed by atoms with E-state index in [-0.39, 0.29) is 5.56 Å². The van der Waals surface area contributed by atoms with E-state index in [9.17, 15) is 9.18 Å². The quantitative estimate of drug-likeness (QED) is 0.589. The standard InChI is InChI=1S/C19H19AsFN2O2/c1-5-19(3,6-2)23-18(24)16-11-14(21)12-22-17(16)20-13-8-7-9-15(10-13)25-4/h1,7-12H,6H2,2-4H3,(H,23,24)/t19-/m1/s1. The van der Waals surface area contributed by atoms with Crippen molar-refractivity contribution < 1.29 is 13.9 Å². The average molecular weight is 401 g/mol. The number of ether oxygens (including phenoxy) is 1. The molecule has 1 amide bonds. The number of methoxy groups -OCH3 is 1. The second-order valence-corrected chi connectivity index (χ2v) is 8.06. The van der Waals surface area contributed by atoms with Crippen molar-refractivity contribution in [1.82, 2.24) is 10.3 Å². The molecule has 0 aliphatic heterocycles. The molecule has 0 saturated heterocycles. The van der Waals surface area contributed by atoms with Crippen LogP contribution in [0.4, 0.5) is 4.39 Å². The van der Waals surface area contributed by atoms with Crippen molar-refractivity contribution in [2.75, 3.05) is 7.11 Å². The number of nitrogens with zero attached hydrogens (tertiary/aromatic N) is 1. The molecule has 129 valence electrons. The van der Waals surface area contributed by atoms with Crippen molar-refractivity contribution in [3.63, 3.8) is 0 Å². The van der Waals surface area contributed by atoms with Crippen LogP contribution in [0.2, 0.25) is 0 Å². The van der Waals surface area contributed by atoms with E-state index in [1.54, 1.807) is 14.0 Å². The van der Waals surface area contributed by atoms with Gasteiger partial charge in [0.1, 0.15) is 0 Å². The molecule has 6 heteroatoms. The van der Waals surface area contributed by atoms with Crippen molar-refractivity contribution in [3.8, 4) is 18.1 Å². The van der Waals surface area contributed by atoms with Gasteiger partial charge in [0.05, 0.1) is 0 Å². The molecule has 1 atom stereocenters. The van der Waals surface area contributed by atoms with Crippen LogP contribution in [-0.4, -0.2) is 39.3 Å². The second-order valence-electron chi connectivity index (χ2n) is 5.62. The molecule has 2 rings (SSSR count). The van der Waals surface area contributed by atoms with E-state index in [0.717, 1.165) is 16.3 Å². The Balaban J connectivity index is 2.34. The van der Waals surface area contributed by atoms with E-state index < -0.39 is 33.0 Å². The third kappa shape index (κ3) is 4.84. The molecule has 4 nitrogen and oxygen atoms in total. The Labute approximate surface area is 153 Å². The first-order valence-electron chi connectivity index (χ1n) is 7.72. The number of aromatic nitrogens is 1. The minimum absolute atomic E-state index is 0.220. The monoisotopic (exact) mass is 401 g/mol. The predicted octanol–water partition coefficient (Wildman–Crippen LogP) is 1.42. The summed E-state index contributed by atoms with van der Waals surface area (Å²) in [5, 5.41) is 2.79. The zero-order chi connectivity index (χ0) is 18.4. The topological polar surface area (TPSA) is 51.2 Å². The number of benzene rings is 1. The summed E-state index contributed by atoms with van der Waals surface area (Å²) >= 11 is -0.613. The van der Waals surface area contributed by atoms with Crippen LogP contribution >= 0.6 is 0 Å². The maximum absolute atomic E-state index is 13.7. The van der Waals surface area contributed by atoms with Gasteiger partial charge in [0.15, 0.2) is 0 Å². The summed E-state index contributed by atoms with van der Waals surface area (Å²) in [6.45, 7) is 3.64. The molecule has 0 aliphatic rings. The van der Waals surface area contributed by atoms with Crippen LogP contribution in [0.25, 0.3) is 0 Å². The third-order valence-corrected chi connectivity index (χ3v) is 6.10. The van der Waals surface area contributed by atoms with Crippen molar-refractivity contribution in [3.05, 3.63) is 47.9 Å². The van der Waals surface area contributed by atoms with Gasteiger partial charge in [-0.05, 0) is 0 Å². The van der Waals surface area contributed by atoms with Crippen molar-refractivity contribution in [2.24, 2.45) is 0 Å². The molecule has 0 bridgehead atoms. The van der Waals surface area contributed by atoms with Gasteiger partial charge < -0.3 is 0 Å². The van der Waals surface area contributed by atoms with E-state index in [1.165, 1.54) is 6.07 Å². The molecule has 0 unspecified atom stereocenters. The number of hydrogen-bond acceptors (Lipinski definition) is 3. The minimum atomic E-state index is -0.785. The Hall–Kier alpha value is -2.31. The summed E-state index contributed by atoms with van der Waals surface area (Å²) in [6, 6.07) is 8.76. The normalized spacial score (nSPS) is 13.2. The van der Waals surface area contributed by atoms with Crippen molar-refractivity contribution in [1.29, 1.82) is 0 Å². The van der Waals surface area contributed by atoms with E-state index in [0.29, 0.717) is 10.9 Å². The van der Waals surface area contributed by atoms with Gasteiger partial charge in [-0.2, -0.15) is 0 Å². The van der Waals surface area contributed by atoms with Crippen LogP contribution in [0.1, 0.15) is 30.6 Å². The summed E-state index contributed by atoms with van der Waals surface area (Å²) in [7, 11) is 1.59. The van der Waals surface area contributed by atoms with Crippen molar-refractivity contribution in [2.45, 2.75) is 25.8 Å². The molecule has 1 aromatic heterocycles. The average Bonchev–Trinajstić information content (AvgIpc) is 2.63. The van der Waals surface area contributed by atoms with E-state index in [1.807, 2.05) is 31.2 Å². The fourth-order valence-corrected chi connectivity index (χ4v) is 4.13. The summed E-state index contributed by atoms with van der Waals surface area (Å²) < 4.78 is 20.5. The second kappa shape index (κ2) is 8.18. The Kier molecular flexibility index (Phi) is 6.22. The third-order valence-electron chi connectivity index (χ3n) is 3.78. The SMILES string of the molecule is C#C[C@](C)(CC)NC(=O)c1cc(F)cnc1[As]c1cccc(OC)c1. The molecular weight excluding hydrogens is 382 g/mol. The van der Waals surface area contributed by atoms with Crippen LogP contribution in [0.3, 0.4) is 0 Å². The van der Waals surface area contributed by atoms with Gasteiger partial charge in [-0.15, -0.1) is 0 Å². The number of carbonyl (C=O) groups excluding carboxylic acids is 1. The zero-order valence-corrected chi connectivity index (χ0v) is 16.2. The van der Waals surface area contributed by atoms with Crippen LogP contribution < -0.4 is 18.9 Å². The zero-order valence-electron chi connectivity index (χ0n) is 14.3. The number of nitrogens with one attached hydrogen (secondary N) is 1. The van der Waals surface area contributed by atoms with Gasteiger partial charge in [0.2, 0.25) is 0 Å². The molecule has 1 heterocycles. The molecule has 0 saturated carbocycles. The molecule has 0 spiro atoms. The summed E-state index contributed by atoms with van der Waals surface area (Å²) in [4.78, 5) is 16.8. The van der Waals surface area contributed by atoms with Gasteiger partial charge in [-0.1, -0.05) is 0 Å². The molecule has 1 radical (unpaired) electrons. The molecule has 0 aliphatic carbocycles. The Bertz CT molecular complexity index is 819. The maximum atomic E-state index is 13.7. The first-order chi connectivity index (χ1) is 11.9. The van der Waals surface area contributed by atoms with E-state index >= 15 is 0 Å². The van der Waals surface area contributed by atoms with E-state index in [4.69, 9.17) is 11.2 Å². The van der Waals surface area contributed by atoms with Crippen molar-refractivity contribution >= 4 is 30.5 Å². The number of halogens is 1. The summed E-state index contributed by atoms with van der Waals surface area (Å²) in [5.74, 6) is 2.33. The number of amides is 1. The number of rotatable bonds is 6. The Morgan fingerprint density at radius 2 is 2.24 bits per heavy atom. The van der Waals surface area contributed by atoms with Crippen LogP contribution in [0.15, 0.2) is 36.5 Å². The molecule has 1 aromatic carbocycles. The Morgan fingerprint density at radius 3 is 2.88 bits per heavy atom. The predicted molar refractivity (Wildman–Crippen MR) is 97.2 cm³/mol. The van der Waals surface area contributed by atoms with Gasteiger partial charge in [0.25, 0.3) is 0 Å². The summed E-state index contributed by atoms with van der Waals surface area (Å²) in [6.07, 6.45) is 7.20. The van der Waals surface area contributed by atoms with Gasteiger partial charge >= 0.3 is 154 Å². The van der Waals surface area contributed by atoms with E-state index in [2.05, 4.69) is 16.2 Å².